The highest BCUT2D eigenvalue weighted by atomic mass is 35.5. The molecule has 1 N–H and O–H groups in total. The maximum atomic E-state index is 5.76. The minimum absolute atomic E-state index is 0.349. The van der Waals surface area contributed by atoms with Gasteiger partial charge in [0.1, 0.15) is 5.15 Å². The summed E-state index contributed by atoms with van der Waals surface area (Å²) >= 11 is 5.76. The zero-order valence-electron chi connectivity index (χ0n) is 7.87. The number of pyridine rings is 1. The van der Waals surface area contributed by atoms with Gasteiger partial charge in [-0.25, -0.2) is 4.98 Å². The monoisotopic (exact) mass is 212 g/mol. The lowest BCUT2D eigenvalue weighted by Gasteiger charge is -2.11. The number of anilines is 1. The average Bonchev–Trinajstić information content (AvgIpc) is 2.67. The van der Waals surface area contributed by atoms with Gasteiger partial charge in [-0.1, -0.05) is 11.6 Å². The Balaban J connectivity index is 1.85. The van der Waals surface area contributed by atoms with Gasteiger partial charge in [-0.3, -0.25) is 0 Å². The van der Waals surface area contributed by atoms with Crippen LogP contribution in [0.2, 0.25) is 5.15 Å². The lowest BCUT2D eigenvalue weighted by molar-refractivity contribution is 0.120. The molecule has 0 bridgehead atoms. The van der Waals surface area contributed by atoms with Crippen LogP contribution in [-0.4, -0.2) is 24.2 Å². The van der Waals surface area contributed by atoms with Crippen LogP contribution in [0.25, 0.3) is 0 Å². The number of nitrogens with one attached hydrogen (secondary N) is 1. The first-order chi connectivity index (χ1) is 6.84. The lowest BCUT2D eigenvalue weighted by atomic mass is 10.2. The van der Waals surface area contributed by atoms with Crippen LogP contribution in [-0.2, 0) is 4.74 Å². The van der Waals surface area contributed by atoms with E-state index in [1.807, 2.05) is 12.1 Å². The fourth-order valence-corrected chi connectivity index (χ4v) is 1.72. The number of hydrogen-bond donors (Lipinski definition) is 1. The second-order valence-corrected chi connectivity index (χ2v) is 3.77. The molecule has 2 rings (SSSR count). The Hall–Kier alpha value is -0.800. The summed E-state index contributed by atoms with van der Waals surface area (Å²) < 4.78 is 5.49. The van der Waals surface area contributed by atoms with E-state index >= 15 is 0 Å². The van der Waals surface area contributed by atoms with E-state index < -0.39 is 0 Å². The van der Waals surface area contributed by atoms with E-state index in [1.54, 1.807) is 6.20 Å². The maximum absolute atomic E-state index is 5.76. The van der Waals surface area contributed by atoms with Gasteiger partial charge in [0.05, 0.1) is 6.10 Å². The van der Waals surface area contributed by atoms with Gasteiger partial charge in [0, 0.05) is 25.0 Å². The zero-order chi connectivity index (χ0) is 9.80. The first-order valence-corrected chi connectivity index (χ1v) is 5.19. The van der Waals surface area contributed by atoms with Crippen LogP contribution in [0.4, 0.5) is 5.69 Å². The van der Waals surface area contributed by atoms with E-state index in [-0.39, 0.29) is 0 Å². The summed E-state index contributed by atoms with van der Waals surface area (Å²) in [5.41, 5.74) is 1.00. The van der Waals surface area contributed by atoms with Crippen molar-refractivity contribution < 1.29 is 4.74 Å². The number of ether oxygens (including phenoxy) is 1. The Bertz CT molecular complexity index is 300. The van der Waals surface area contributed by atoms with E-state index in [4.69, 9.17) is 16.3 Å². The van der Waals surface area contributed by atoms with Gasteiger partial charge in [0.15, 0.2) is 0 Å². The third-order valence-corrected chi connectivity index (χ3v) is 2.49. The van der Waals surface area contributed by atoms with Gasteiger partial charge < -0.3 is 10.1 Å². The van der Waals surface area contributed by atoms with Crippen LogP contribution in [0.5, 0.6) is 0 Å². The summed E-state index contributed by atoms with van der Waals surface area (Å²) in [4.78, 5) is 3.91. The molecule has 0 aromatic carbocycles. The molecular weight excluding hydrogens is 200 g/mol. The molecule has 4 heteroatoms. The fourth-order valence-electron chi connectivity index (χ4n) is 1.55. The summed E-state index contributed by atoms with van der Waals surface area (Å²) in [6, 6.07) is 3.72. The molecule has 0 amide bonds. The SMILES string of the molecule is Clc1cc(NCC2CCCO2)ccn1. The van der Waals surface area contributed by atoms with Gasteiger partial charge in [-0.15, -0.1) is 0 Å². The van der Waals surface area contributed by atoms with Crippen molar-refractivity contribution in [1.29, 1.82) is 0 Å². The van der Waals surface area contributed by atoms with Crippen LogP contribution in [0.15, 0.2) is 18.3 Å². The zero-order valence-corrected chi connectivity index (χ0v) is 8.63. The van der Waals surface area contributed by atoms with E-state index in [9.17, 15) is 0 Å². The highest BCUT2D eigenvalue weighted by Gasteiger charge is 2.14. The van der Waals surface area contributed by atoms with Gasteiger partial charge in [-0.2, -0.15) is 0 Å². The molecule has 1 fully saturated rings. The summed E-state index contributed by atoms with van der Waals surface area (Å²) in [6.45, 7) is 1.74. The average molecular weight is 213 g/mol. The van der Waals surface area contributed by atoms with E-state index in [2.05, 4.69) is 10.3 Å². The Kier molecular flexibility index (Phi) is 3.22. The van der Waals surface area contributed by atoms with Crippen molar-refractivity contribution in [2.75, 3.05) is 18.5 Å². The Morgan fingerprint density at radius 3 is 3.29 bits per heavy atom. The highest BCUT2D eigenvalue weighted by Crippen LogP contribution is 2.15. The van der Waals surface area contributed by atoms with E-state index in [0.29, 0.717) is 11.3 Å². The first kappa shape index (κ1) is 9.74. The van der Waals surface area contributed by atoms with Crippen LogP contribution >= 0.6 is 11.6 Å². The van der Waals surface area contributed by atoms with Gasteiger partial charge >= 0.3 is 0 Å². The Labute approximate surface area is 88.4 Å². The van der Waals surface area contributed by atoms with Crippen LogP contribution in [0.1, 0.15) is 12.8 Å². The minimum atomic E-state index is 0.349. The second kappa shape index (κ2) is 4.62. The molecule has 1 aliphatic heterocycles. The number of aromatic nitrogens is 1. The quantitative estimate of drug-likeness (QED) is 0.781. The third kappa shape index (κ3) is 2.59. The highest BCUT2D eigenvalue weighted by molar-refractivity contribution is 6.29. The van der Waals surface area contributed by atoms with Crippen molar-refractivity contribution in [3.05, 3.63) is 23.5 Å². The molecular formula is C10H13ClN2O. The second-order valence-electron chi connectivity index (χ2n) is 3.38. The third-order valence-electron chi connectivity index (χ3n) is 2.28. The molecule has 2 heterocycles. The van der Waals surface area contributed by atoms with E-state index in [1.165, 1.54) is 6.42 Å². The number of hydrogen-bond acceptors (Lipinski definition) is 3. The standard InChI is InChI=1S/C10H13ClN2O/c11-10-6-8(3-4-12-10)13-7-9-2-1-5-14-9/h3-4,6,9H,1-2,5,7H2,(H,12,13). The molecule has 14 heavy (non-hydrogen) atoms. The van der Waals surface area contributed by atoms with Crippen molar-refractivity contribution >= 4 is 17.3 Å². The van der Waals surface area contributed by atoms with Gasteiger partial charge in [0.25, 0.3) is 0 Å². The van der Waals surface area contributed by atoms with Crippen LogP contribution in [0, 0.1) is 0 Å². The van der Waals surface area contributed by atoms with Crippen molar-refractivity contribution in [3.8, 4) is 0 Å². The predicted octanol–water partition coefficient (Wildman–Crippen LogP) is 2.33. The number of rotatable bonds is 3. The van der Waals surface area contributed by atoms with Crippen LogP contribution in [0.3, 0.4) is 0 Å². The summed E-state index contributed by atoms with van der Waals surface area (Å²) in [6.07, 6.45) is 4.36. The topological polar surface area (TPSA) is 34.1 Å². The molecule has 1 atom stereocenters. The fraction of sp³-hybridized carbons (Fsp3) is 0.500. The van der Waals surface area contributed by atoms with Gasteiger partial charge in [-0.05, 0) is 25.0 Å². The smallest absolute Gasteiger partial charge is 0.131 e. The molecule has 0 radical (unpaired) electrons. The molecule has 1 aromatic heterocycles. The molecule has 76 valence electrons. The molecule has 1 unspecified atom stereocenters. The molecule has 1 aliphatic rings. The normalized spacial score (nSPS) is 21.1. The first-order valence-electron chi connectivity index (χ1n) is 4.81. The predicted molar refractivity (Wildman–Crippen MR) is 56.7 cm³/mol. The summed E-state index contributed by atoms with van der Waals surface area (Å²) in [5.74, 6) is 0. The van der Waals surface area contributed by atoms with Crippen molar-refractivity contribution in [3.63, 3.8) is 0 Å². The molecule has 1 saturated heterocycles. The number of halogens is 1. The Morgan fingerprint density at radius 1 is 1.64 bits per heavy atom. The van der Waals surface area contributed by atoms with Gasteiger partial charge in [0.2, 0.25) is 0 Å². The molecule has 0 spiro atoms. The maximum Gasteiger partial charge on any atom is 0.131 e. The molecule has 1 aromatic rings. The minimum Gasteiger partial charge on any atom is -0.382 e. The molecule has 3 nitrogen and oxygen atoms in total. The number of nitrogens with zero attached hydrogens (tertiary/aromatic N) is 1. The summed E-state index contributed by atoms with van der Waals surface area (Å²) in [5, 5.41) is 3.79. The van der Waals surface area contributed by atoms with Crippen molar-refractivity contribution in [2.24, 2.45) is 0 Å². The van der Waals surface area contributed by atoms with E-state index in [0.717, 1.165) is 25.3 Å². The molecule has 0 saturated carbocycles. The molecule has 0 aliphatic carbocycles. The largest absolute Gasteiger partial charge is 0.382 e. The lowest BCUT2D eigenvalue weighted by Crippen LogP contribution is -2.18. The van der Waals surface area contributed by atoms with Crippen LogP contribution < -0.4 is 5.32 Å². The summed E-state index contributed by atoms with van der Waals surface area (Å²) in [7, 11) is 0. The van der Waals surface area contributed by atoms with Crippen molar-refractivity contribution in [1.82, 2.24) is 4.98 Å². The van der Waals surface area contributed by atoms with Crippen molar-refractivity contribution in [2.45, 2.75) is 18.9 Å². The Morgan fingerprint density at radius 2 is 2.57 bits per heavy atom.